The molecule has 0 atom stereocenters. The highest BCUT2D eigenvalue weighted by atomic mass is 15.1. The molecule has 0 bridgehead atoms. The maximum Gasteiger partial charge on any atom is -0.00158 e. The summed E-state index contributed by atoms with van der Waals surface area (Å²) in [5.41, 5.74) is 0. The molecule has 0 unspecified atom stereocenters. The van der Waals surface area contributed by atoms with Gasteiger partial charge in [0.1, 0.15) is 0 Å². The molecule has 0 aliphatic carbocycles. The zero-order chi connectivity index (χ0) is 20.5. The Hall–Kier alpha value is -0.300. The molecule has 0 aliphatic rings. The predicted octanol–water partition coefficient (Wildman–Crippen LogP) is 9.32. The zero-order valence-corrected chi connectivity index (χ0v) is 20.2. The van der Waals surface area contributed by atoms with Crippen LogP contribution < -0.4 is 0 Å². The summed E-state index contributed by atoms with van der Waals surface area (Å²) in [6, 6.07) is 0. The van der Waals surface area contributed by atoms with Crippen LogP contribution in [0, 0.1) is 0 Å². The molecule has 0 spiro atoms. The molecule has 0 rings (SSSR count). The van der Waals surface area contributed by atoms with Crippen LogP contribution in [0.5, 0.6) is 0 Å². The van der Waals surface area contributed by atoms with E-state index in [0.29, 0.717) is 0 Å². The molecule has 0 saturated heterocycles. The van der Waals surface area contributed by atoms with Crippen molar-refractivity contribution in [1.82, 2.24) is 4.90 Å². The molecule has 0 fully saturated rings. The second-order valence-corrected chi connectivity index (χ2v) is 8.84. The van der Waals surface area contributed by atoms with E-state index in [1.807, 2.05) is 0 Å². The summed E-state index contributed by atoms with van der Waals surface area (Å²) in [4.78, 5) is 2.78. The van der Waals surface area contributed by atoms with Gasteiger partial charge in [-0.15, -0.1) is 0 Å². The molecule has 0 aliphatic heterocycles. The van der Waals surface area contributed by atoms with Crippen molar-refractivity contribution in [2.75, 3.05) is 19.6 Å². The Bertz CT molecular complexity index is 279. The molecule has 0 radical (unpaired) electrons. The summed E-state index contributed by atoms with van der Waals surface area (Å²) < 4.78 is 0. The van der Waals surface area contributed by atoms with Crippen LogP contribution in [0.15, 0.2) is 12.2 Å². The highest BCUT2D eigenvalue weighted by Gasteiger charge is 2.04. The lowest BCUT2D eigenvalue weighted by Crippen LogP contribution is -2.27. The number of hydrogen-bond donors (Lipinski definition) is 0. The van der Waals surface area contributed by atoms with Crippen LogP contribution in [0.3, 0.4) is 0 Å². The highest BCUT2D eigenvalue weighted by molar-refractivity contribution is 4.81. The van der Waals surface area contributed by atoms with Gasteiger partial charge in [0, 0.05) is 0 Å². The summed E-state index contributed by atoms with van der Waals surface area (Å²) in [5, 5.41) is 0. The van der Waals surface area contributed by atoms with Gasteiger partial charge in [0.2, 0.25) is 0 Å². The van der Waals surface area contributed by atoms with Crippen molar-refractivity contribution in [3.05, 3.63) is 12.2 Å². The number of rotatable bonds is 23. The second-order valence-electron chi connectivity index (χ2n) is 8.84. The third kappa shape index (κ3) is 22.0. The van der Waals surface area contributed by atoms with E-state index >= 15 is 0 Å². The second kappa shape index (κ2) is 24.7. The Kier molecular flexibility index (Phi) is 24.5. The van der Waals surface area contributed by atoms with Crippen LogP contribution in [0.2, 0.25) is 0 Å². The van der Waals surface area contributed by atoms with Crippen molar-refractivity contribution < 1.29 is 0 Å². The molecule has 1 nitrogen and oxygen atoms in total. The van der Waals surface area contributed by atoms with Crippen molar-refractivity contribution in [2.24, 2.45) is 0 Å². The van der Waals surface area contributed by atoms with Crippen molar-refractivity contribution >= 4 is 0 Å². The number of nitrogens with zero attached hydrogens (tertiary/aromatic N) is 1. The molecule has 0 heterocycles. The smallest absolute Gasteiger partial charge is 0.00158 e. The average Bonchev–Trinajstić information content (AvgIpc) is 2.71. The van der Waals surface area contributed by atoms with Crippen molar-refractivity contribution in [3.63, 3.8) is 0 Å². The third-order valence-corrected chi connectivity index (χ3v) is 5.89. The molecule has 0 amide bonds. The van der Waals surface area contributed by atoms with Crippen LogP contribution >= 0.6 is 0 Å². The van der Waals surface area contributed by atoms with Gasteiger partial charge < -0.3 is 4.90 Å². The summed E-state index contributed by atoms with van der Waals surface area (Å²) in [6.07, 6.45) is 31.4. The average molecular weight is 394 g/mol. The molecular formula is C27H55N. The molecule has 0 N–H and O–H groups in total. The van der Waals surface area contributed by atoms with Gasteiger partial charge in [-0.05, 0) is 51.7 Å². The Labute approximate surface area is 179 Å². The van der Waals surface area contributed by atoms with Gasteiger partial charge in [-0.2, -0.15) is 0 Å². The van der Waals surface area contributed by atoms with Gasteiger partial charge >= 0.3 is 0 Å². The molecule has 0 aromatic heterocycles. The van der Waals surface area contributed by atoms with E-state index in [1.165, 1.54) is 142 Å². The monoisotopic (exact) mass is 393 g/mol. The van der Waals surface area contributed by atoms with Crippen LogP contribution in [-0.4, -0.2) is 24.5 Å². The fraction of sp³-hybridized carbons (Fsp3) is 0.926. The first-order valence-corrected chi connectivity index (χ1v) is 13.2. The lowest BCUT2D eigenvalue weighted by Gasteiger charge is -2.22. The predicted molar refractivity (Wildman–Crippen MR) is 130 cm³/mol. The molecule has 28 heavy (non-hydrogen) atoms. The quantitative estimate of drug-likeness (QED) is 0.123. The van der Waals surface area contributed by atoms with Gasteiger partial charge in [-0.25, -0.2) is 0 Å². The van der Waals surface area contributed by atoms with Crippen LogP contribution in [0.1, 0.15) is 143 Å². The number of allylic oxidation sites excluding steroid dienone is 2. The fourth-order valence-corrected chi connectivity index (χ4v) is 3.91. The topological polar surface area (TPSA) is 3.24 Å². The van der Waals surface area contributed by atoms with Crippen LogP contribution in [0.25, 0.3) is 0 Å². The lowest BCUT2D eigenvalue weighted by atomic mass is 10.1. The standard InChI is InChI=1S/C27H55N/c1-4-7-10-13-16-19-22-25-28(26-23-20-17-14-11-8-5-2)27-24-21-18-15-12-9-6-3/h13,16H,4-12,14-15,17-27H2,1-3H3/b16-13+. The first kappa shape index (κ1) is 27.7. The molecule has 0 saturated carbocycles. The third-order valence-electron chi connectivity index (χ3n) is 5.89. The van der Waals surface area contributed by atoms with Crippen LogP contribution in [0.4, 0.5) is 0 Å². The largest absolute Gasteiger partial charge is 0.303 e. The fourth-order valence-electron chi connectivity index (χ4n) is 3.91. The van der Waals surface area contributed by atoms with Crippen LogP contribution in [-0.2, 0) is 0 Å². The van der Waals surface area contributed by atoms with E-state index in [2.05, 4.69) is 37.8 Å². The van der Waals surface area contributed by atoms with Crippen molar-refractivity contribution in [3.8, 4) is 0 Å². The minimum atomic E-state index is 1.27. The molecule has 0 aromatic carbocycles. The van der Waals surface area contributed by atoms with E-state index in [0.717, 1.165) is 0 Å². The highest BCUT2D eigenvalue weighted by Crippen LogP contribution is 2.11. The number of unbranched alkanes of at least 4 members (excludes halogenated alkanes) is 15. The van der Waals surface area contributed by atoms with Gasteiger partial charge in [0.15, 0.2) is 0 Å². The minimum absolute atomic E-state index is 1.27. The first-order chi connectivity index (χ1) is 13.8. The summed E-state index contributed by atoms with van der Waals surface area (Å²) in [7, 11) is 0. The molecular weight excluding hydrogens is 338 g/mol. The maximum absolute atomic E-state index is 2.78. The van der Waals surface area contributed by atoms with Crippen molar-refractivity contribution in [2.45, 2.75) is 143 Å². The SMILES string of the molecule is CCCC/C=C/CCCN(CCCCCCCCC)CCCCCCCCC. The maximum atomic E-state index is 2.78. The molecule has 0 aromatic rings. The lowest BCUT2D eigenvalue weighted by molar-refractivity contribution is 0.257. The first-order valence-electron chi connectivity index (χ1n) is 13.2. The zero-order valence-electron chi connectivity index (χ0n) is 20.2. The Balaban J connectivity index is 3.87. The van der Waals surface area contributed by atoms with E-state index < -0.39 is 0 Å². The van der Waals surface area contributed by atoms with E-state index in [4.69, 9.17) is 0 Å². The Morgan fingerprint density at radius 1 is 0.393 bits per heavy atom. The summed E-state index contributed by atoms with van der Waals surface area (Å²) >= 11 is 0. The van der Waals surface area contributed by atoms with Crippen molar-refractivity contribution in [1.29, 1.82) is 0 Å². The van der Waals surface area contributed by atoms with E-state index in [1.54, 1.807) is 0 Å². The molecule has 1 heteroatoms. The van der Waals surface area contributed by atoms with Gasteiger partial charge in [0.25, 0.3) is 0 Å². The molecule has 168 valence electrons. The minimum Gasteiger partial charge on any atom is -0.303 e. The Morgan fingerprint density at radius 3 is 1.21 bits per heavy atom. The van der Waals surface area contributed by atoms with E-state index in [9.17, 15) is 0 Å². The summed E-state index contributed by atoms with van der Waals surface area (Å²) in [6.45, 7) is 10.9. The number of hydrogen-bond acceptors (Lipinski definition) is 1. The normalized spacial score (nSPS) is 11.9. The van der Waals surface area contributed by atoms with Gasteiger partial charge in [-0.3, -0.25) is 0 Å². The van der Waals surface area contributed by atoms with Gasteiger partial charge in [-0.1, -0.05) is 123 Å². The van der Waals surface area contributed by atoms with E-state index in [-0.39, 0.29) is 0 Å². The van der Waals surface area contributed by atoms with Gasteiger partial charge in [0.05, 0.1) is 0 Å². The Morgan fingerprint density at radius 2 is 0.750 bits per heavy atom. The summed E-state index contributed by atoms with van der Waals surface area (Å²) in [5.74, 6) is 0.